The molecule has 34 valence electrons. The van der Waals surface area contributed by atoms with Crippen molar-refractivity contribution >= 4 is 11.7 Å². The first-order chi connectivity index (χ1) is 2.64. The third kappa shape index (κ3) is 1.46. The molecule has 0 rings (SSSR count). The molecule has 0 radical (unpaired) electrons. The fourth-order valence-electron chi connectivity index (χ4n) is 0. The van der Waals surface area contributed by atoms with Gasteiger partial charge in [0.2, 0.25) is 0 Å². The van der Waals surface area contributed by atoms with E-state index in [1.807, 2.05) is 0 Å². The number of ketones is 1. The second-order valence-corrected chi connectivity index (χ2v) is 0.880. The lowest BCUT2D eigenvalue weighted by molar-refractivity contribution is -0.111. The predicted molar refractivity (Wildman–Crippen MR) is 21.7 cm³/mol. The number of aliphatic hydroxyl groups is 1. The number of Topliss-reactive ketones (excluding diaryl/α,β-unsaturated/α-hetero) is 1. The molecule has 0 atom stereocenters. The van der Waals surface area contributed by atoms with Gasteiger partial charge in [0.05, 0.1) is 0 Å². The Morgan fingerprint density at radius 3 is 2.00 bits per heavy atom. The Morgan fingerprint density at radius 1 is 1.83 bits per heavy atom. The predicted octanol–water partition coefficient (Wildman–Crippen LogP) is 0.101. The van der Waals surface area contributed by atoms with E-state index in [4.69, 9.17) is 10.5 Å². The summed E-state index contributed by atoms with van der Waals surface area (Å²) < 4.78 is 0. The van der Waals surface area contributed by atoms with Gasteiger partial charge in [-0.25, -0.2) is 0 Å². The first kappa shape index (κ1) is 5.14. The normalized spacial score (nSPS) is 7.50. The average Bonchev–Trinajstić information content (AvgIpc) is 1.36. The molecule has 0 saturated carbocycles. The standard InChI is InChI=1S/C3H4NO2/c1-2(5)3(4)6/h1H3,(H-,4,6)/q-1. The third-order valence-corrected chi connectivity index (χ3v) is 0.315. The second kappa shape index (κ2) is 1.55. The largest absolute Gasteiger partial charge is 0.769 e. The highest BCUT2D eigenvalue weighted by Crippen LogP contribution is 1.64. The van der Waals surface area contributed by atoms with Crippen LogP contribution in [0.3, 0.4) is 0 Å². The molecule has 0 bridgehead atoms. The molecule has 0 aromatic rings. The zero-order valence-electron chi connectivity index (χ0n) is 3.30. The van der Waals surface area contributed by atoms with Crippen molar-refractivity contribution in [3.8, 4) is 0 Å². The maximum absolute atomic E-state index is 9.61. The summed E-state index contributed by atoms with van der Waals surface area (Å²) in [6, 6.07) is 0. The van der Waals surface area contributed by atoms with Crippen molar-refractivity contribution in [2.75, 3.05) is 0 Å². The van der Waals surface area contributed by atoms with Gasteiger partial charge in [-0.15, -0.1) is 0 Å². The minimum atomic E-state index is -1.13. The van der Waals surface area contributed by atoms with Crippen LogP contribution in [0.4, 0.5) is 0 Å². The second-order valence-electron chi connectivity index (χ2n) is 0.880. The Hall–Kier alpha value is -0.860. The van der Waals surface area contributed by atoms with E-state index in [1.54, 1.807) is 0 Å². The van der Waals surface area contributed by atoms with Crippen LogP contribution in [0.1, 0.15) is 6.92 Å². The van der Waals surface area contributed by atoms with E-state index >= 15 is 0 Å². The molecule has 0 aliphatic heterocycles. The Bertz CT molecular complexity index is 74.8. The maximum atomic E-state index is 9.61. The molecule has 3 nitrogen and oxygen atoms in total. The van der Waals surface area contributed by atoms with Crippen LogP contribution in [0, 0.1) is 0 Å². The summed E-state index contributed by atoms with van der Waals surface area (Å²) in [6.07, 6.45) is 0. The van der Waals surface area contributed by atoms with Crippen molar-refractivity contribution in [1.29, 1.82) is 0 Å². The lowest BCUT2D eigenvalue weighted by atomic mass is 10.5. The van der Waals surface area contributed by atoms with E-state index in [-0.39, 0.29) is 0 Å². The molecular weight excluding hydrogens is 82.0 g/mol. The van der Waals surface area contributed by atoms with Crippen LogP contribution in [0.5, 0.6) is 0 Å². The number of aliphatic hydroxyl groups excluding tert-OH is 1. The molecule has 0 heterocycles. The molecule has 0 spiro atoms. The van der Waals surface area contributed by atoms with Gasteiger partial charge in [0.15, 0.2) is 5.78 Å². The molecule has 3 heteroatoms. The van der Waals surface area contributed by atoms with Gasteiger partial charge in [-0.2, -0.15) is 0 Å². The summed E-state index contributed by atoms with van der Waals surface area (Å²) in [5, 5.41) is 15.5. The Morgan fingerprint density at radius 2 is 2.00 bits per heavy atom. The minimum absolute atomic E-state index is 0.713. The van der Waals surface area contributed by atoms with Gasteiger partial charge in [-0.3, -0.25) is 4.79 Å². The fraction of sp³-hybridized carbons (Fsp3) is 0.333. The zero-order chi connectivity index (χ0) is 5.15. The summed E-state index contributed by atoms with van der Waals surface area (Å²) in [4.78, 5) is 9.61. The van der Waals surface area contributed by atoms with Gasteiger partial charge in [-0.05, 0) is 0 Å². The summed E-state index contributed by atoms with van der Waals surface area (Å²) >= 11 is 0. The summed E-state index contributed by atoms with van der Waals surface area (Å²) in [5.41, 5.74) is 0. The molecule has 0 unspecified atom stereocenters. The highest BCUT2D eigenvalue weighted by atomic mass is 16.3. The van der Waals surface area contributed by atoms with Crippen molar-refractivity contribution in [3.63, 3.8) is 0 Å². The van der Waals surface area contributed by atoms with Crippen LogP contribution in [0.2, 0.25) is 0 Å². The minimum Gasteiger partial charge on any atom is -0.769 e. The number of nitrogens with zero attached hydrogens (tertiary/aromatic N) is 1. The van der Waals surface area contributed by atoms with E-state index in [0.717, 1.165) is 6.92 Å². The van der Waals surface area contributed by atoms with Gasteiger partial charge in [0.25, 0.3) is 0 Å². The highest BCUT2D eigenvalue weighted by Gasteiger charge is 1.82. The Balaban J connectivity index is 3.57. The molecule has 0 aliphatic carbocycles. The summed E-state index contributed by atoms with van der Waals surface area (Å²) in [7, 11) is 0. The molecular formula is C3H4NO2-. The van der Waals surface area contributed by atoms with E-state index in [9.17, 15) is 4.79 Å². The molecule has 0 aromatic carbocycles. The molecule has 0 fully saturated rings. The quantitative estimate of drug-likeness (QED) is 0.363. The number of rotatable bonds is 1. The van der Waals surface area contributed by atoms with Crippen LogP contribution < -0.4 is 0 Å². The zero-order valence-corrected chi connectivity index (χ0v) is 3.30. The van der Waals surface area contributed by atoms with Crippen LogP contribution in [0.15, 0.2) is 0 Å². The van der Waals surface area contributed by atoms with Gasteiger partial charge < -0.3 is 10.5 Å². The molecule has 0 aliphatic rings. The number of hydrogen-bond acceptors (Lipinski definition) is 1. The lowest BCUT2D eigenvalue weighted by Gasteiger charge is -1.92. The van der Waals surface area contributed by atoms with Crippen molar-refractivity contribution in [2.24, 2.45) is 0 Å². The SMILES string of the molecule is CC(=O)C(=[N-])O. The van der Waals surface area contributed by atoms with Gasteiger partial charge >= 0.3 is 0 Å². The fourth-order valence-corrected chi connectivity index (χ4v) is 0. The summed E-state index contributed by atoms with van der Waals surface area (Å²) in [5.74, 6) is -1.84. The first-order valence-electron chi connectivity index (χ1n) is 1.40. The first-order valence-corrected chi connectivity index (χ1v) is 1.40. The lowest BCUT2D eigenvalue weighted by Crippen LogP contribution is -2.03. The van der Waals surface area contributed by atoms with Gasteiger partial charge in [0.1, 0.15) is 0 Å². The van der Waals surface area contributed by atoms with Gasteiger partial charge in [0, 0.05) is 12.8 Å². The van der Waals surface area contributed by atoms with Gasteiger partial charge in [-0.1, -0.05) is 0 Å². The molecule has 1 N–H and O–H groups in total. The van der Waals surface area contributed by atoms with Crippen LogP contribution in [-0.2, 0) is 4.79 Å². The maximum Gasteiger partial charge on any atom is 0.170 e. The monoisotopic (exact) mass is 86.0 g/mol. The molecule has 0 aromatic heterocycles. The molecule has 0 saturated heterocycles. The van der Waals surface area contributed by atoms with Crippen molar-refractivity contribution in [1.82, 2.24) is 0 Å². The number of hydrogen-bond donors (Lipinski definition) is 1. The number of carbonyl (C=O) groups is 1. The van der Waals surface area contributed by atoms with Crippen molar-refractivity contribution in [3.05, 3.63) is 5.41 Å². The van der Waals surface area contributed by atoms with Crippen molar-refractivity contribution in [2.45, 2.75) is 6.92 Å². The van der Waals surface area contributed by atoms with E-state index in [0.29, 0.717) is 0 Å². The number of carbonyl (C=O) groups excluding carboxylic acids is 1. The highest BCUT2D eigenvalue weighted by molar-refractivity contribution is 6.35. The van der Waals surface area contributed by atoms with E-state index in [2.05, 4.69) is 0 Å². The third-order valence-electron chi connectivity index (χ3n) is 0.315. The molecule has 6 heavy (non-hydrogen) atoms. The molecule has 0 amide bonds. The van der Waals surface area contributed by atoms with Crippen LogP contribution >= 0.6 is 0 Å². The summed E-state index contributed by atoms with van der Waals surface area (Å²) in [6.45, 7) is 1.06. The Kier molecular flexibility index (Phi) is 1.32. The smallest absolute Gasteiger partial charge is 0.170 e. The Labute approximate surface area is 35.1 Å². The average molecular weight is 86.1 g/mol. The topological polar surface area (TPSA) is 59.6 Å². The van der Waals surface area contributed by atoms with Crippen molar-refractivity contribution < 1.29 is 9.90 Å². The van der Waals surface area contributed by atoms with E-state index in [1.165, 1.54) is 0 Å². The van der Waals surface area contributed by atoms with Crippen LogP contribution in [-0.4, -0.2) is 16.8 Å². The van der Waals surface area contributed by atoms with E-state index < -0.39 is 11.7 Å². The van der Waals surface area contributed by atoms with Crippen LogP contribution in [0.25, 0.3) is 5.41 Å².